The Hall–Kier alpha value is -1.92. The van der Waals surface area contributed by atoms with Crippen LogP contribution in [0.1, 0.15) is 26.5 Å². The molecular weight excluding hydrogens is 332 g/mol. The van der Waals surface area contributed by atoms with Crippen molar-refractivity contribution in [3.63, 3.8) is 0 Å². The van der Waals surface area contributed by atoms with Gasteiger partial charge in [0.05, 0.1) is 0 Å². The van der Waals surface area contributed by atoms with Crippen LogP contribution in [-0.4, -0.2) is 42.6 Å². The summed E-state index contributed by atoms with van der Waals surface area (Å²) in [6, 6.07) is 7.63. The van der Waals surface area contributed by atoms with Crippen molar-refractivity contribution >= 4 is 23.1 Å². The number of hydrogen-bond acceptors (Lipinski definition) is 4. The Labute approximate surface area is 154 Å². The summed E-state index contributed by atoms with van der Waals surface area (Å²) in [6.07, 6.45) is 0. The van der Waals surface area contributed by atoms with Crippen molar-refractivity contribution < 1.29 is 4.79 Å². The fourth-order valence-corrected chi connectivity index (χ4v) is 3.52. The molecule has 1 aromatic heterocycles. The van der Waals surface area contributed by atoms with E-state index in [4.69, 9.17) is 0 Å². The Morgan fingerprint density at radius 1 is 1.36 bits per heavy atom. The van der Waals surface area contributed by atoms with Crippen LogP contribution in [0.4, 0.5) is 10.5 Å². The minimum absolute atomic E-state index is 0.0267. The van der Waals surface area contributed by atoms with Gasteiger partial charge >= 0.3 is 6.03 Å². The highest BCUT2D eigenvalue weighted by molar-refractivity contribution is 7.13. The minimum Gasteiger partial charge on any atom is -0.335 e. The van der Waals surface area contributed by atoms with Crippen molar-refractivity contribution in [1.29, 1.82) is 0 Å². The van der Waals surface area contributed by atoms with Gasteiger partial charge in [0.1, 0.15) is 5.01 Å². The Bertz CT molecular complexity index is 724. The summed E-state index contributed by atoms with van der Waals surface area (Å²) in [5.41, 5.74) is 2.76. The zero-order valence-electron chi connectivity index (χ0n) is 15.9. The van der Waals surface area contributed by atoms with Gasteiger partial charge in [0.15, 0.2) is 0 Å². The first-order valence-electron chi connectivity index (χ1n) is 8.42. The number of nitrogens with zero attached hydrogens (tertiary/aromatic N) is 2. The van der Waals surface area contributed by atoms with E-state index in [1.54, 1.807) is 11.3 Å². The number of aromatic nitrogens is 1. The molecule has 0 radical (unpaired) electrons. The molecule has 0 aliphatic carbocycles. The van der Waals surface area contributed by atoms with Crippen LogP contribution in [0.3, 0.4) is 0 Å². The Morgan fingerprint density at radius 2 is 2.08 bits per heavy atom. The van der Waals surface area contributed by atoms with Crippen molar-refractivity contribution in [2.75, 3.05) is 26.0 Å². The zero-order chi connectivity index (χ0) is 18.6. The quantitative estimate of drug-likeness (QED) is 0.811. The molecule has 6 heteroatoms. The lowest BCUT2D eigenvalue weighted by atomic mass is 9.85. The van der Waals surface area contributed by atoms with E-state index in [2.05, 4.69) is 34.4 Å². The molecule has 0 spiro atoms. The van der Waals surface area contributed by atoms with Crippen LogP contribution >= 0.6 is 11.3 Å². The van der Waals surface area contributed by atoms with Gasteiger partial charge in [-0.15, -0.1) is 11.3 Å². The molecule has 5 nitrogen and oxygen atoms in total. The van der Waals surface area contributed by atoms with Gasteiger partial charge in [-0.25, -0.2) is 9.78 Å². The molecule has 0 saturated heterocycles. The fraction of sp³-hybridized carbons (Fsp3) is 0.474. The maximum atomic E-state index is 12.4. The van der Waals surface area contributed by atoms with E-state index in [0.717, 1.165) is 28.5 Å². The molecule has 136 valence electrons. The number of urea groups is 1. The molecule has 2 amide bonds. The number of carbonyl (C=O) groups excluding carboxylic acids is 1. The Morgan fingerprint density at radius 3 is 2.68 bits per heavy atom. The molecule has 1 heterocycles. The summed E-state index contributed by atoms with van der Waals surface area (Å²) >= 11 is 1.61. The van der Waals surface area contributed by atoms with Crippen molar-refractivity contribution in [3.05, 3.63) is 35.3 Å². The predicted molar refractivity (Wildman–Crippen MR) is 106 cm³/mol. The highest BCUT2D eigenvalue weighted by atomic mass is 32.1. The SMILES string of the molecule is Cc1csc(-c2cccc(NC(=O)N[C@@H](C)C(C)(C)CN(C)C)c2)n1. The molecule has 0 unspecified atom stereocenters. The van der Waals surface area contributed by atoms with Crippen LogP contribution in [0.25, 0.3) is 10.6 Å². The third-order valence-electron chi connectivity index (χ3n) is 4.23. The highest BCUT2D eigenvalue weighted by Gasteiger charge is 2.27. The lowest BCUT2D eigenvalue weighted by Gasteiger charge is -2.34. The predicted octanol–water partition coefficient (Wildman–Crippen LogP) is 4.22. The standard InChI is InChI=1S/C19H28N4OS/c1-13-11-25-17(20-13)15-8-7-9-16(10-15)22-18(24)21-14(2)19(3,4)12-23(5)6/h7-11,14H,12H2,1-6H3,(H2,21,22,24)/t14-/m0/s1. The van der Waals surface area contributed by atoms with Crippen LogP contribution in [0.5, 0.6) is 0 Å². The number of amides is 2. The number of benzene rings is 1. The molecule has 0 aliphatic heterocycles. The van der Waals surface area contributed by atoms with E-state index >= 15 is 0 Å². The average Bonchev–Trinajstić information content (AvgIpc) is 2.92. The van der Waals surface area contributed by atoms with Gasteiger partial charge in [-0.2, -0.15) is 0 Å². The van der Waals surface area contributed by atoms with E-state index in [-0.39, 0.29) is 17.5 Å². The molecule has 2 rings (SSSR count). The van der Waals surface area contributed by atoms with E-state index in [1.807, 2.05) is 57.6 Å². The third kappa shape index (κ3) is 5.54. The summed E-state index contributed by atoms with van der Waals surface area (Å²) in [7, 11) is 4.08. The molecule has 1 atom stereocenters. The van der Waals surface area contributed by atoms with E-state index < -0.39 is 0 Å². The van der Waals surface area contributed by atoms with Crippen molar-refractivity contribution in [3.8, 4) is 10.6 Å². The maximum Gasteiger partial charge on any atom is 0.319 e. The number of nitrogens with one attached hydrogen (secondary N) is 2. The topological polar surface area (TPSA) is 57.3 Å². The Balaban J connectivity index is 2.01. The van der Waals surface area contributed by atoms with E-state index in [1.165, 1.54) is 0 Å². The minimum atomic E-state index is -0.188. The average molecular weight is 361 g/mol. The summed E-state index contributed by atoms with van der Waals surface area (Å²) in [5, 5.41) is 8.96. The normalized spacial score (nSPS) is 12.9. The summed E-state index contributed by atoms with van der Waals surface area (Å²) < 4.78 is 0. The first kappa shape index (κ1) is 19.4. The largest absolute Gasteiger partial charge is 0.335 e. The third-order valence-corrected chi connectivity index (χ3v) is 5.24. The Kier molecular flexibility index (Phi) is 6.19. The summed E-state index contributed by atoms with van der Waals surface area (Å²) in [4.78, 5) is 19.0. The van der Waals surface area contributed by atoms with Gasteiger partial charge in [-0.1, -0.05) is 26.0 Å². The van der Waals surface area contributed by atoms with Crippen molar-refractivity contribution in [2.45, 2.75) is 33.7 Å². The molecule has 1 aromatic carbocycles. The van der Waals surface area contributed by atoms with Crippen molar-refractivity contribution in [1.82, 2.24) is 15.2 Å². The van der Waals surface area contributed by atoms with Gasteiger partial charge < -0.3 is 15.5 Å². The van der Waals surface area contributed by atoms with Gasteiger partial charge in [0.25, 0.3) is 0 Å². The highest BCUT2D eigenvalue weighted by Crippen LogP contribution is 2.26. The van der Waals surface area contributed by atoms with Crippen LogP contribution in [0, 0.1) is 12.3 Å². The lowest BCUT2D eigenvalue weighted by Crippen LogP contribution is -2.48. The number of rotatable bonds is 6. The summed E-state index contributed by atoms with van der Waals surface area (Å²) in [5.74, 6) is 0. The first-order chi connectivity index (χ1) is 11.7. The van der Waals surface area contributed by atoms with E-state index in [0.29, 0.717) is 0 Å². The lowest BCUT2D eigenvalue weighted by molar-refractivity contribution is 0.183. The van der Waals surface area contributed by atoms with Gasteiger partial charge in [0.2, 0.25) is 0 Å². The maximum absolute atomic E-state index is 12.4. The fourth-order valence-electron chi connectivity index (χ4n) is 2.73. The second kappa shape index (κ2) is 7.97. The van der Waals surface area contributed by atoms with Crippen LogP contribution in [0.2, 0.25) is 0 Å². The molecule has 0 bridgehead atoms. The van der Waals surface area contributed by atoms with Crippen LogP contribution in [-0.2, 0) is 0 Å². The number of aryl methyl sites for hydroxylation is 1. The molecule has 0 saturated carbocycles. The molecular formula is C19H28N4OS. The number of thiazole rings is 1. The second-order valence-electron chi connectivity index (χ2n) is 7.42. The smallest absolute Gasteiger partial charge is 0.319 e. The van der Waals surface area contributed by atoms with Gasteiger partial charge in [0, 0.05) is 34.9 Å². The first-order valence-corrected chi connectivity index (χ1v) is 9.30. The van der Waals surface area contributed by atoms with Crippen LogP contribution in [0.15, 0.2) is 29.6 Å². The number of carbonyl (C=O) groups is 1. The molecule has 0 aliphatic rings. The molecule has 2 aromatic rings. The monoisotopic (exact) mass is 360 g/mol. The second-order valence-corrected chi connectivity index (χ2v) is 8.28. The van der Waals surface area contributed by atoms with Gasteiger partial charge in [-0.05, 0) is 45.5 Å². The molecule has 0 fully saturated rings. The molecule has 2 N–H and O–H groups in total. The van der Waals surface area contributed by atoms with Gasteiger partial charge in [-0.3, -0.25) is 0 Å². The molecule has 25 heavy (non-hydrogen) atoms. The van der Waals surface area contributed by atoms with Crippen molar-refractivity contribution in [2.24, 2.45) is 5.41 Å². The van der Waals surface area contributed by atoms with E-state index in [9.17, 15) is 4.79 Å². The zero-order valence-corrected chi connectivity index (χ0v) is 16.7. The number of hydrogen-bond donors (Lipinski definition) is 2. The number of anilines is 1. The summed E-state index contributed by atoms with van der Waals surface area (Å²) in [6.45, 7) is 9.23. The van der Waals surface area contributed by atoms with Crippen LogP contribution < -0.4 is 10.6 Å².